The van der Waals surface area contributed by atoms with Gasteiger partial charge < -0.3 is 5.32 Å². The van der Waals surface area contributed by atoms with Crippen LogP contribution in [0.15, 0.2) is 87.4 Å². The zero-order valence-corrected chi connectivity index (χ0v) is 17.5. The fourth-order valence-electron chi connectivity index (χ4n) is 2.49. The van der Waals surface area contributed by atoms with Crippen LogP contribution in [-0.2, 0) is 4.79 Å². The van der Waals surface area contributed by atoms with Crippen LogP contribution in [0.2, 0.25) is 5.02 Å². The van der Waals surface area contributed by atoms with Gasteiger partial charge in [-0.05, 0) is 54.6 Å². The number of hydrogen-bond donors (Lipinski definition) is 1. The lowest BCUT2D eigenvalue weighted by molar-refractivity contribution is -0.113. The summed E-state index contributed by atoms with van der Waals surface area (Å²) in [6.45, 7) is 0. The van der Waals surface area contributed by atoms with E-state index in [1.54, 1.807) is 11.3 Å². The van der Waals surface area contributed by atoms with Gasteiger partial charge in [0.05, 0.1) is 27.3 Å². The molecule has 0 aliphatic carbocycles. The lowest BCUT2D eigenvalue weighted by Gasteiger charge is -2.04. The van der Waals surface area contributed by atoms with Gasteiger partial charge in [-0.25, -0.2) is 4.98 Å². The number of thioether (sulfide) groups is 1. The SMILES string of the molecule is O=C(CSc1nc2cc(Cl)ccc2s1)Nc1ccc(N=Nc2ccccc2)cc1. The number of carbonyl (C=O) groups excluding carboxylic acids is 1. The summed E-state index contributed by atoms with van der Waals surface area (Å²) in [6, 6.07) is 22.4. The molecule has 0 aliphatic heterocycles. The Kier molecular flexibility index (Phi) is 6.19. The molecule has 0 aliphatic rings. The van der Waals surface area contributed by atoms with E-state index in [9.17, 15) is 4.79 Å². The Labute approximate surface area is 180 Å². The summed E-state index contributed by atoms with van der Waals surface area (Å²) in [4.78, 5) is 16.7. The number of nitrogens with one attached hydrogen (secondary N) is 1. The summed E-state index contributed by atoms with van der Waals surface area (Å²) in [5.41, 5.74) is 3.07. The average Bonchev–Trinajstić information content (AvgIpc) is 3.14. The Morgan fingerprint density at radius 1 is 1.00 bits per heavy atom. The molecule has 0 atom stereocenters. The van der Waals surface area contributed by atoms with Crippen molar-refractivity contribution in [2.45, 2.75) is 4.34 Å². The number of benzene rings is 3. The summed E-state index contributed by atoms with van der Waals surface area (Å²) in [6.07, 6.45) is 0. The number of rotatable bonds is 6. The minimum atomic E-state index is -0.0917. The number of azo groups is 1. The van der Waals surface area contributed by atoms with Crippen molar-refractivity contribution < 1.29 is 4.79 Å². The summed E-state index contributed by atoms with van der Waals surface area (Å²) >= 11 is 8.95. The second kappa shape index (κ2) is 9.17. The van der Waals surface area contributed by atoms with Crippen LogP contribution < -0.4 is 5.32 Å². The van der Waals surface area contributed by atoms with Crippen LogP contribution in [-0.4, -0.2) is 16.6 Å². The molecule has 0 fully saturated rings. The van der Waals surface area contributed by atoms with E-state index in [4.69, 9.17) is 11.6 Å². The molecule has 4 aromatic rings. The summed E-state index contributed by atoms with van der Waals surface area (Å²) in [5, 5.41) is 11.9. The number of carbonyl (C=O) groups is 1. The van der Waals surface area contributed by atoms with Crippen LogP contribution in [0.1, 0.15) is 0 Å². The van der Waals surface area contributed by atoms with Crippen molar-refractivity contribution in [1.29, 1.82) is 0 Å². The molecular formula is C21H15ClN4OS2. The number of nitrogens with zero attached hydrogens (tertiary/aromatic N) is 3. The second-order valence-electron chi connectivity index (χ2n) is 6.01. The van der Waals surface area contributed by atoms with Gasteiger partial charge in [-0.2, -0.15) is 10.2 Å². The van der Waals surface area contributed by atoms with E-state index in [0.717, 1.165) is 25.9 Å². The predicted molar refractivity (Wildman–Crippen MR) is 121 cm³/mol. The minimum Gasteiger partial charge on any atom is -0.325 e. The van der Waals surface area contributed by atoms with Gasteiger partial charge in [-0.15, -0.1) is 11.3 Å². The molecule has 0 radical (unpaired) electrons. The largest absolute Gasteiger partial charge is 0.325 e. The van der Waals surface area contributed by atoms with Crippen molar-refractivity contribution in [3.63, 3.8) is 0 Å². The van der Waals surface area contributed by atoms with Gasteiger partial charge in [0.2, 0.25) is 5.91 Å². The Morgan fingerprint density at radius 2 is 1.72 bits per heavy atom. The average molecular weight is 439 g/mol. The first-order valence-electron chi connectivity index (χ1n) is 8.71. The highest BCUT2D eigenvalue weighted by Gasteiger charge is 2.08. The van der Waals surface area contributed by atoms with Crippen LogP contribution >= 0.6 is 34.7 Å². The Balaban J connectivity index is 1.31. The Hall–Kier alpha value is -2.74. The Bertz CT molecular complexity index is 1160. The maximum atomic E-state index is 12.2. The number of anilines is 1. The van der Waals surface area contributed by atoms with Gasteiger partial charge in [-0.3, -0.25) is 4.79 Å². The third-order valence-corrected chi connectivity index (χ3v) is 6.26. The van der Waals surface area contributed by atoms with Gasteiger partial charge in [0.1, 0.15) is 0 Å². The molecule has 3 aromatic carbocycles. The van der Waals surface area contributed by atoms with Crippen molar-refractivity contribution in [2.75, 3.05) is 11.1 Å². The van der Waals surface area contributed by atoms with Gasteiger partial charge in [-0.1, -0.05) is 41.6 Å². The van der Waals surface area contributed by atoms with E-state index in [-0.39, 0.29) is 11.7 Å². The highest BCUT2D eigenvalue weighted by Crippen LogP contribution is 2.31. The van der Waals surface area contributed by atoms with Crippen LogP contribution in [0, 0.1) is 0 Å². The highest BCUT2D eigenvalue weighted by atomic mass is 35.5. The predicted octanol–water partition coefficient (Wildman–Crippen LogP) is 7.10. The molecular weight excluding hydrogens is 424 g/mol. The van der Waals surface area contributed by atoms with Crippen LogP contribution in [0.3, 0.4) is 0 Å². The van der Waals surface area contributed by atoms with Gasteiger partial charge in [0.15, 0.2) is 4.34 Å². The maximum absolute atomic E-state index is 12.2. The molecule has 0 bridgehead atoms. The van der Waals surface area contributed by atoms with Gasteiger partial charge in [0, 0.05) is 10.7 Å². The van der Waals surface area contributed by atoms with Crippen molar-refractivity contribution >= 4 is 67.9 Å². The van der Waals surface area contributed by atoms with Gasteiger partial charge in [0.25, 0.3) is 0 Å². The van der Waals surface area contributed by atoms with E-state index in [1.165, 1.54) is 11.8 Å². The fraction of sp³-hybridized carbons (Fsp3) is 0.0476. The lowest BCUT2D eigenvalue weighted by Crippen LogP contribution is -2.13. The topological polar surface area (TPSA) is 66.7 Å². The molecule has 1 amide bonds. The van der Waals surface area contributed by atoms with Crippen molar-refractivity contribution in [2.24, 2.45) is 10.2 Å². The van der Waals surface area contributed by atoms with E-state index in [0.29, 0.717) is 10.7 Å². The van der Waals surface area contributed by atoms with Crippen molar-refractivity contribution in [3.05, 3.63) is 77.8 Å². The third-order valence-electron chi connectivity index (χ3n) is 3.84. The van der Waals surface area contributed by atoms with Crippen molar-refractivity contribution in [3.8, 4) is 0 Å². The zero-order valence-electron chi connectivity index (χ0n) is 15.1. The van der Waals surface area contributed by atoms with Crippen LogP contribution in [0.5, 0.6) is 0 Å². The summed E-state index contributed by atoms with van der Waals surface area (Å²) in [5.74, 6) is 0.189. The standard InChI is InChI=1S/C21H15ClN4OS2/c22-14-6-11-19-18(12-14)24-21(29-19)28-13-20(27)23-15-7-9-17(10-8-15)26-25-16-4-2-1-3-5-16/h1-12H,13H2,(H,23,27). The number of thiazole rings is 1. The molecule has 144 valence electrons. The van der Waals surface area contributed by atoms with Gasteiger partial charge >= 0.3 is 0 Å². The molecule has 0 spiro atoms. The molecule has 5 nitrogen and oxygen atoms in total. The quantitative estimate of drug-likeness (QED) is 0.258. The second-order valence-corrected chi connectivity index (χ2v) is 8.70. The molecule has 0 saturated carbocycles. The molecule has 0 unspecified atom stereocenters. The molecule has 1 aromatic heterocycles. The molecule has 1 N–H and O–H groups in total. The molecule has 1 heterocycles. The normalized spacial score (nSPS) is 11.2. The number of aromatic nitrogens is 1. The van der Waals surface area contributed by atoms with E-state index < -0.39 is 0 Å². The van der Waals surface area contributed by atoms with Crippen LogP contribution in [0.4, 0.5) is 17.1 Å². The number of fused-ring (bicyclic) bond motifs is 1. The smallest absolute Gasteiger partial charge is 0.234 e. The first-order valence-corrected chi connectivity index (χ1v) is 10.9. The summed E-state index contributed by atoms with van der Waals surface area (Å²) in [7, 11) is 0. The molecule has 0 saturated heterocycles. The molecule has 8 heteroatoms. The van der Waals surface area contributed by atoms with Crippen molar-refractivity contribution in [1.82, 2.24) is 4.98 Å². The summed E-state index contributed by atoms with van der Waals surface area (Å²) < 4.78 is 1.90. The zero-order chi connectivity index (χ0) is 20.1. The monoisotopic (exact) mass is 438 g/mol. The first-order chi connectivity index (χ1) is 14.2. The molecule has 4 rings (SSSR count). The van der Waals surface area contributed by atoms with E-state index in [2.05, 4.69) is 20.5 Å². The Morgan fingerprint density at radius 3 is 2.48 bits per heavy atom. The third kappa shape index (κ3) is 5.41. The van der Waals surface area contributed by atoms with Crippen LogP contribution in [0.25, 0.3) is 10.2 Å². The number of hydrogen-bond acceptors (Lipinski definition) is 6. The highest BCUT2D eigenvalue weighted by molar-refractivity contribution is 8.01. The fourth-order valence-corrected chi connectivity index (χ4v) is 4.50. The lowest BCUT2D eigenvalue weighted by atomic mass is 10.3. The number of halogens is 1. The minimum absolute atomic E-state index is 0.0917. The number of amides is 1. The molecule has 29 heavy (non-hydrogen) atoms. The van der Waals surface area contributed by atoms with E-state index in [1.807, 2.05) is 72.8 Å². The maximum Gasteiger partial charge on any atom is 0.234 e. The van der Waals surface area contributed by atoms with E-state index >= 15 is 0 Å². The first kappa shape index (κ1) is 19.6.